The minimum Gasteiger partial charge on any atom is -0.502 e. The summed E-state index contributed by atoms with van der Waals surface area (Å²) in [4.78, 5) is 22.0. The van der Waals surface area contributed by atoms with Crippen LogP contribution in [0.3, 0.4) is 0 Å². The molecule has 0 heterocycles. The molecule has 2 rings (SSSR count). The molecule has 0 aliphatic rings. The summed E-state index contributed by atoms with van der Waals surface area (Å²) in [6.45, 7) is 0. The maximum atomic E-state index is 12.0. The van der Waals surface area contributed by atoms with E-state index in [2.05, 4.69) is 10.5 Å². The Morgan fingerprint density at radius 1 is 1.30 bits per heavy atom. The van der Waals surface area contributed by atoms with E-state index >= 15 is 0 Å². The maximum Gasteiger partial charge on any atom is 0.311 e. The van der Waals surface area contributed by atoms with Crippen LogP contribution >= 0.6 is 0 Å². The molecule has 0 spiro atoms. The van der Waals surface area contributed by atoms with Gasteiger partial charge in [-0.15, -0.1) is 0 Å². The molecule has 0 aromatic heterocycles. The van der Waals surface area contributed by atoms with Crippen LogP contribution in [0, 0.1) is 10.1 Å². The number of ether oxygens (including phenoxy) is 1. The van der Waals surface area contributed by atoms with Gasteiger partial charge in [-0.05, 0) is 18.2 Å². The Kier molecular flexibility index (Phi) is 4.88. The molecule has 2 aromatic carbocycles. The zero-order valence-electron chi connectivity index (χ0n) is 12.1. The van der Waals surface area contributed by atoms with Crippen molar-refractivity contribution in [3.05, 3.63) is 63.7 Å². The molecular weight excluding hydrogens is 302 g/mol. The molecule has 0 unspecified atom stereocenters. The summed E-state index contributed by atoms with van der Waals surface area (Å²) in [5, 5.41) is 24.2. The quantitative estimate of drug-likeness (QED) is 0.498. The molecule has 0 fully saturated rings. The van der Waals surface area contributed by atoms with Crippen molar-refractivity contribution < 1.29 is 19.6 Å². The number of para-hydroxylation sites is 2. The standard InChI is InChI=1S/C15H13N3O5/c1-23-13-8-3-2-6-11(13)15(20)17-16-9-10-5-4-7-12(14(10)19)18(21)22/h2-9,19H,1H3,(H,17,20)/b16-9-. The van der Waals surface area contributed by atoms with Crippen LogP contribution in [0.2, 0.25) is 0 Å². The van der Waals surface area contributed by atoms with Gasteiger partial charge in [0, 0.05) is 11.6 Å². The first-order chi connectivity index (χ1) is 11.0. The summed E-state index contributed by atoms with van der Waals surface area (Å²) >= 11 is 0. The Morgan fingerprint density at radius 3 is 2.74 bits per heavy atom. The summed E-state index contributed by atoms with van der Waals surface area (Å²) < 4.78 is 5.06. The number of carbonyl (C=O) groups is 1. The highest BCUT2D eigenvalue weighted by atomic mass is 16.6. The van der Waals surface area contributed by atoms with E-state index in [4.69, 9.17) is 4.74 Å². The molecule has 2 N–H and O–H groups in total. The van der Waals surface area contributed by atoms with Crippen molar-refractivity contribution in [1.82, 2.24) is 5.43 Å². The lowest BCUT2D eigenvalue weighted by molar-refractivity contribution is -0.385. The Bertz CT molecular complexity index is 773. The summed E-state index contributed by atoms with van der Waals surface area (Å²) in [6.07, 6.45) is 1.12. The van der Waals surface area contributed by atoms with Gasteiger partial charge in [-0.25, -0.2) is 5.43 Å². The maximum absolute atomic E-state index is 12.0. The average molecular weight is 315 g/mol. The largest absolute Gasteiger partial charge is 0.502 e. The van der Waals surface area contributed by atoms with Crippen molar-refractivity contribution in [1.29, 1.82) is 0 Å². The first-order valence-corrected chi connectivity index (χ1v) is 6.47. The zero-order chi connectivity index (χ0) is 16.8. The summed E-state index contributed by atoms with van der Waals surface area (Å²) in [7, 11) is 1.44. The number of hydrazone groups is 1. The van der Waals surface area contributed by atoms with Crippen LogP contribution in [0.5, 0.6) is 11.5 Å². The number of aromatic hydroxyl groups is 1. The monoisotopic (exact) mass is 315 g/mol. The fourth-order valence-electron chi connectivity index (χ4n) is 1.85. The van der Waals surface area contributed by atoms with Crippen LogP contribution in [0.25, 0.3) is 0 Å². The first-order valence-electron chi connectivity index (χ1n) is 6.47. The lowest BCUT2D eigenvalue weighted by atomic mass is 10.2. The van der Waals surface area contributed by atoms with Gasteiger partial charge in [-0.3, -0.25) is 14.9 Å². The van der Waals surface area contributed by atoms with E-state index in [1.165, 1.54) is 25.3 Å². The molecule has 0 aliphatic heterocycles. The summed E-state index contributed by atoms with van der Waals surface area (Å²) in [6, 6.07) is 10.6. The fourth-order valence-corrected chi connectivity index (χ4v) is 1.85. The van der Waals surface area contributed by atoms with Crippen LogP contribution in [0.1, 0.15) is 15.9 Å². The molecule has 2 aromatic rings. The molecule has 0 atom stereocenters. The second-order valence-electron chi connectivity index (χ2n) is 4.37. The number of phenolic OH excluding ortho intramolecular Hbond substituents is 1. The predicted molar refractivity (Wildman–Crippen MR) is 82.8 cm³/mol. The van der Waals surface area contributed by atoms with Crippen molar-refractivity contribution in [2.24, 2.45) is 5.10 Å². The minimum atomic E-state index is -0.708. The van der Waals surface area contributed by atoms with Crippen molar-refractivity contribution in [2.45, 2.75) is 0 Å². The van der Waals surface area contributed by atoms with Crippen molar-refractivity contribution in [3.8, 4) is 11.5 Å². The number of hydrogen-bond donors (Lipinski definition) is 2. The Hall–Kier alpha value is -3.42. The van der Waals surface area contributed by atoms with Crippen molar-refractivity contribution in [2.75, 3.05) is 7.11 Å². The van der Waals surface area contributed by atoms with Crippen LogP contribution in [-0.4, -0.2) is 29.3 Å². The minimum absolute atomic E-state index is 0.111. The van der Waals surface area contributed by atoms with Crippen LogP contribution in [0.15, 0.2) is 47.6 Å². The van der Waals surface area contributed by atoms with Crippen molar-refractivity contribution >= 4 is 17.8 Å². The topological polar surface area (TPSA) is 114 Å². The number of carbonyl (C=O) groups excluding carboxylic acids is 1. The van der Waals surface area contributed by atoms with Crippen LogP contribution in [0.4, 0.5) is 5.69 Å². The highest BCUT2D eigenvalue weighted by molar-refractivity contribution is 5.97. The number of amides is 1. The van der Waals surface area contributed by atoms with Crippen LogP contribution < -0.4 is 10.2 Å². The number of hydrogen-bond acceptors (Lipinski definition) is 6. The molecule has 8 nitrogen and oxygen atoms in total. The summed E-state index contributed by atoms with van der Waals surface area (Å²) in [5.41, 5.74) is 2.23. The van der Waals surface area contributed by atoms with E-state index in [0.29, 0.717) is 5.75 Å². The number of methoxy groups -OCH3 is 1. The number of rotatable bonds is 5. The van der Waals surface area contributed by atoms with E-state index in [9.17, 15) is 20.0 Å². The average Bonchev–Trinajstić information content (AvgIpc) is 2.56. The van der Waals surface area contributed by atoms with E-state index in [1.807, 2.05) is 0 Å². The molecule has 0 radical (unpaired) electrons. The number of nitrogens with one attached hydrogen (secondary N) is 1. The van der Waals surface area contributed by atoms with E-state index in [1.54, 1.807) is 24.3 Å². The van der Waals surface area contributed by atoms with Gasteiger partial charge < -0.3 is 9.84 Å². The number of nitro groups is 1. The lowest BCUT2D eigenvalue weighted by Gasteiger charge is -2.06. The number of benzene rings is 2. The molecule has 0 bridgehead atoms. The van der Waals surface area contributed by atoms with Gasteiger partial charge in [-0.2, -0.15) is 5.10 Å². The molecule has 0 saturated heterocycles. The highest BCUT2D eigenvalue weighted by Crippen LogP contribution is 2.27. The van der Waals surface area contributed by atoms with Gasteiger partial charge in [0.25, 0.3) is 5.91 Å². The van der Waals surface area contributed by atoms with Gasteiger partial charge in [0.15, 0.2) is 0 Å². The second-order valence-corrected chi connectivity index (χ2v) is 4.37. The lowest BCUT2D eigenvalue weighted by Crippen LogP contribution is -2.18. The number of nitrogens with zero attached hydrogens (tertiary/aromatic N) is 2. The molecule has 0 saturated carbocycles. The SMILES string of the molecule is COc1ccccc1C(=O)N/N=C\c1cccc([N+](=O)[O-])c1O. The first kappa shape index (κ1) is 16.0. The number of phenols is 1. The number of nitro benzene ring substituents is 1. The molecule has 1 amide bonds. The molecule has 118 valence electrons. The Morgan fingerprint density at radius 2 is 2.04 bits per heavy atom. The third-order valence-corrected chi connectivity index (χ3v) is 2.96. The third kappa shape index (κ3) is 3.62. The van der Waals surface area contributed by atoms with Crippen LogP contribution in [-0.2, 0) is 0 Å². The third-order valence-electron chi connectivity index (χ3n) is 2.96. The van der Waals surface area contributed by atoms with Gasteiger partial charge >= 0.3 is 5.69 Å². The van der Waals surface area contributed by atoms with Gasteiger partial charge in [0.1, 0.15) is 5.75 Å². The zero-order valence-corrected chi connectivity index (χ0v) is 12.1. The van der Waals surface area contributed by atoms with Gasteiger partial charge in [0.2, 0.25) is 5.75 Å². The molecule has 0 aliphatic carbocycles. The van der Waals surface area contributed by atoms with E-state index in [0.717, 1.165) is 6.21 Å². The second kappa shape index (κ2) is 7.03. The predicted octanol–water partition coefficient (Wildman–Crippen LogP) is 2.07. The smallest absolute Gasteiger partial charge is 0.311 e. The Labute approximate surface area is 131 Å². The molecule has 23 heavy (non-hydrogen) atoms. The fraction of sp³-hybridized carbons (Fsp3) is 0.0667. The molecular formula is C15H13N3O5. The normalized spacial score (nSPS) is 10.5. The van der Waals surface area contributed by atoms with Gasteiger partial charge in [0.05, 0.1) is 23.8 Å². The Balaban J connectivity index is 2.15. The summed E-state index contributed by atoms with van der Waals surface area (Å²) in [5.74, 6) is -0.644. The van der Waals surface area contributed by atoms with E-state index < -0.39 is 22.3 Å². The molecule has 8 heteroatoms. The van der Waals surface area contributed by atoms with Gasteiger partial charge in [-0.1, -0.05) is 18.2 Å². The highest BCUT2D eigenvalue weighted by Gasteiger charge is 2.15. The van der Waals surface area contributed by atoms with Crippen molar-refractivity contribution in [3.63, 3.8) is 0 Å². The van der Waals surface area contributed by atoms with E-state index in [-0.39, 0.29) is 11.1 Å².